The third kappa shape index (κ3) is 5.51. The van der Waals surface area contributed by atoms with E-state index in [1.807, 2.05) is 35.1 Å². The average Bonchev–Trinajstić information content (AvgIpc) is 3.61. The number of fused-ring (bicyclic) bond motifs is 2. The Balaban J connectivity index is 1.29. The van der Waals surface area contributed by atoms with Crippen molar-refractivity contribution in [3.8, 4) is 11.3 Å². The SMILES string of the molecule is Cc1c(-c2nccc3cnc(Nc4ccc(NS(=O)(=O)c5ccsc5)cc4)cc23)ccc2c1cnn2CC(C)(C)O. The van der Waals surface area contributed by atoms with Gasteiger partial charge < -0.3 is 10.4 Å². The van der Waals surface area contributed by atoms with Crippen molar-refractivity contribution in [3.05, 3.63) is 89.5 Å². The lowest BCUT2D eigenvalue weighted by molar-refractivity contribution is 0.0591. The molecule has 0 spiro atoms. The number of pyridine rings is 2. The second-order valence-electron chi connectivity index (χ2n) is 10.5. The van der Waals surface area contributed by atoms with E-state index in [2.05, 4.69) is 27.0 Å². The Morgan fingerprint density at radius 3 is 2.49 bits per heavy atom. The minimum Gasteiger partial charge on any atom is -0.389 e. The van der Waals surface area contributed by atoms with Crippen molar-refractivity contribution < 1.29 is 13.5 Å². The van der Waals surface area contributed by atoms with Gasteiger partial charge in [0.25, 0.3) is 10.0 Å². The lowest BCUT2D eigenvalue weighted by atomic mass is 9.98. The van der Waals surface area contributed by atoms with E-state index in [0.717, 1.165) is 44.2 Å². The van der Waals surface area contributed by atoms with Gasteiger partial charge in [-0.15, -0.1) is 0 Å². The topological polar surface area (TPSA) is 122 Å². The highest BCUT2D eigenvalue weighted by Crippen LogP contribution is 2.34. The number of hydrogen-bond donors (Lipinski definition) is 3. The molecule has 0 aliphatic rings. The second kappa shape index (κ2) is 10.3. The molecule has 11 heteroatoms. The summed E-state index contributed by atoms with van der Waals surface area (Å²) in [6.07, 6.45) is 5.43. The summed E-state index contributed by atoms with van der Waals surface area (Å²) in [4.78, 5) is 9.56. The minimum absolute atomic E-state index is 0.242. The van der Waals surface area contributed by atoms with Crippen molar-refractivity contribution in [1.82, 2.24) is 19.7 Å². The van der Waals surface area contributed by atoms with Crippen LogP contribution in [-0.2, 0) is 16.6 Å². The van der Waals surface area contributed by atoms with Gasteiger partial charge in [0.2, 0.25) is 0 Å². The maximum absolute atomic E-state index is 12.5. The Bertz CT molecular complexity index is 1980. The summed E-state index contributed by atoms with van der Waals surface area (Å²) < 4.78 is 29.5. The van der Waals surface area contributed by atoms with Gasteiger partial charge in [0.05, 0.1) is 34.4 Å². The molecule has 6 rings (SSSR count). The standard InChI is InChI=1S/C30H28N6O3S2/c1-19-24(8-9-27-26(19)16-33-36(27)18-30(2,3)37)29-25-14-28(32-15-20(25)10-12-31-29)34-21-4-6-22(7-5-21)35-41(38,39)23-11-13-40-17-23/h4-17,35,37H,18H2,1-3H3,(H,32,34). The molecular weight excluding hydrogens is 557 g/mol. The summed E-state index contributed by atoms with van der Waals surface area (Å²) in [5.41, 5.74) is 4.19. The van der Waals surface area contributed by atoms with Gasteiger partial charge in [-0.05, 0) is 80.2 Å². The zero-order valence-corrected chi connectivity index (χ0v) is 24.3. The van der Waals surface area contributed by atoms with Crippen molar-refractivity contribution >= 4 is 60.2 Å². The number of hydrogen-bond acceptors (Lipinski definition) is 8. The van der Waals surface area contributed by atoms with E-state index in [4.69, 9.17) is 4.98 Å². The number of aliphatic hydroxyl groups is 1. The number of anilines is 3. The number of nitrogens with one attached hydrogen (secondary N) is 2. The van der Waals surface area contributed by atoms with E-state index in [1.165, 1.54) is 11.3 Å². The van der Waals surface area contributed by atoms with Gasteiger partial charge in [-0.2, -0.15) is 16.4 Å². The number of nitrogens with zero attached hydrogens (tertiary/aromatic N) is 4. The van der Waals surface area contributed by atoms with Gasteiger partial charge in [0.15, 0.2) is 0 Å². The molecule has 0 unspecified atom stereocenters. The molecular formula is C30H28N6O3S2. The van der Waals surface area contributed by atoms with Crippen LogP contribution in [0.5, 0.6) is 0 Å². The summed E-state index contributed by atoms with van der Waals surface area (Å²) in [6.45, 7) is 5.99. The number of thiophene rings is 1. The van der Waals surface area contributed by atoms with Crippen LogP contribution in [-0.4, -0.2) is 38.9 Å². The molecule has 6 aromatic rings. The maximum atomic E-state index is 12.5. The first-order valence-electron chi connectivity index (χ1n) is 12.9. The first kappa shape index (κ1) is 26.9. The molecule has 208 valence electrons. The molecule has 0 saturated carbocycles. The third-order valence-electron chi connectivity index (χ3n) is 6.75. The number of aromatic nitrogens is 4. The highest BCUT2D eigenvalue weighted by Gasteiger charge is 2.19. The number of aryl methyl sites for hydroxylation is 1. The molecule has 0 radical (unpaired) electrons. The molecule has 0 bridgehead atoms. The molecule has 0 amide bonds. The molecule has 2 aromatic carbocycles. The summed E-state index contributed by atoms with van der Waals surface area (Å²) in [7, 11) is -3.62. The van der Waals surface area contributed by atoms with Gasteiger partial charge >= 0.3 is 0 Å². The van der Waals surface area contributed by atoms with Crippen LogP contribution >= 0.6 is 11.3 Å². The highest BCUT2D eigenvalue weighted by atomic mass is 32.2. The Morgan fingerprint density at radius 1 is 0.976 bits per heavy atom. The van der Waals surface area contributed by atoms with E-state index >= 15 is 0 Å². The first-order valence-corrected chi connectivity index (χ1v) is 15.3. The fourth-order valence-corrected chi connectivity index (χ4v) is 6.87. The lowest BCUT2D eigenvalue weighted by Crippen LogP contribution is -2.26. The molecule has 41 heavy (non-hydrogen) atoms. The Kier molecular flexibility index (Phi) is 6.72. The largest absolute Gasteiger partial charge is 0.389 e. The van der Waals surface area contributed by atoms with Crippen molar-refractivity contribution in [2.24, 2.45) is 0 Å². The monoisotopic (exact) mass is 584 g/mol. The third-order valence-corrected chi connectivity index (χ3v) is 8.96. The predicted octanol–water partition coefficient (Wildman–Crippen LogP) is 6.33. The van der Waals surface area contributed by atoms with E-state index in [1.54, 1.807) is 67.3 Å². The van der Waals surface area contributed by atoms with E-state index in [0.29, 0.717) is 18.1 Å². The smallest absolute Gasteiger partial charge is 0.262 e. The Labute approximate surface area is 241 Å². The summed E-state index contributed by atoms with van der Waals surface area (Å²) in [5.74, 6) is 0.634. The molecule has 0 aliphatic heterocycles. The van der Waals surface area contributed by atoms with Crippen molar-refractivity contribution in [2.45, 2.75) is 37.8 Å². The van der Waals surface area contributed by atoms with Crippen molar-refractivity contribution in [2.75, 3.05) is 10.0 Å². The van der Waals surface area contributed by atoms with E-state index < -0.39 is 15.6 Å². The molecule has 3 N–H and O–H groups in total. The fraction of sp³-hybridized carbons (Fsp3) is 0.167. The van der Waals surface area contributed by atoms with Crippen LogP contribution in [0, 0.1) is 6.92 Å². The van der Waals surface area contributed by atoms with Gasteiger partial charge in [-0.25, -0.2) is 13.4 Å². The quantitative estimate of drug-likeness (QED) is 0.191. The van der Waals surface area contributed by atoms with Gasteiger partial charge in [-0.1, -0.05) is 6.07 Å². The molecule has 0 saturated heterocycles. The van der Waals surface area contributed by atoms with Gasteiger partial charge in [0.1, 0.15) is 5.82 Å². The first-order chi connectivity index (χ1) is 19.6. The molecule has 4 heterocycles. The van der Waals surface area contributed by atoms with Crippen LogP contribution in [0.4, 0.5) is 17.2 Å². The Hall–Kier alpha value is -4.32. The van der Waals surface area contributed by atoms with Crippen LogP contribution in [0.15, 0.2) is 88.8 Å². The maximum Gasteiger partial charge on any atom is 0.262 e. The average molecular weight is 585 g/mol. The molecule has 0 aliphatic carbocycles. The van der Waals surface area contributed by atoms with Gasteiger partial charge in [-0.3, -0.25) is 14.4 Å². The Morgan fingerprint density at radius 2 is 1.76 bits per heavy atom. The number of sulfonamides is 1. The number of rotatable bonds is 8. The van der Waals surface area contributed by atoms with Crippen LogP contribution < -0.4 is 10.0 Å². The zero-order chi connectivity index (χ0) is 28.8. The highest BCUT2D eigenvalue weighted by molar-refractivity contribution is 7.92. The van der Waals surface area contributed by atoms with Crippen LogP contribution in [0.25, 0.3) is 32.9 Å². The molecule has 0 atom stereocenters. The number of benzene rings is 2. The predicted molar refractivity (Wildman–Crippen MR) is 164 cm³/mol. The van der Waals surface area contributed by atoms with E-state index in [9.17, 15) is 13.5 Å². The summed E-state index contributed by atoms with van der Waals surface area (Å²) >= 11 is 1.33. The van der Waals surface area contributed by atoms with Crippen LogP contribution in [0.2, 0.25) is 0 Å². The van der Waals surface area contributed by atoms with Crippen molar-refractivity contribution in [1.29, 1.82) is 0 Å². The van der Waals surface area contributed by atoms with Crippen molar-refractivity contribution in [3.63, 3.8) is 0 Å². The normalized spacial score (nSPS) is 12.2. The summed E-state index contributed by atoms with van der Waals surface area (Å²) in [6, 6.07) is 16.5. The molecule has 9 nitrogen and oxygen atoms in total. The zero-order valence-electron chi connectivity index (χ0n) is 22.7. The van der Waals surface area contributed by atoms with Crippen LogP contribution in [0.1, 0.15) is 19.4 Å². The second-order valence-corrected chi connectivity index (χ2v) is 13.0. The summed E-state index contributed by atoms with van der Waals surface area (Å²) in [5, 5.41) is 24.3. The van der Waals surface area contributed by atoms with E-state index in [-0.39, 0.29) is 4.90 Å². The molecule has 0 fully saturated rings. The minimum atomic E-state index is -3.62. The fourth-order valence-electron chi connectivity index (χ4n) is 4.78. The molecule has 4 aromatic heterocycles. The lowest BCUT2D eigenvalue weighted by Gasteiger charge is -2.18. The van der Waals surface area contributed by atoms with Crippen LogP contribution in [0.3, 0.4) is 0 Å². The van der Waals surface area contributed by atoms with Gasteiger partial charge in [0, 0.05) is 50.9 Å².